The van der Waals surface area contributed by atoms with E-state index in [-0.39, 0.29) is 5.41 Å². The van der Waals surface area contributed by atoms with E-state index in [2.05, 4.69) is 0 Å². The first kappa shape index (κ1) is 9.65. The van der Waals surface area contributed by atoms with Crippen LogP contribution in [-0.2, 0) is 4.74 Å². The molecule has 3 nitrogen and oxygen atoms in total. The average molecular weight is 192 g/mol. The second kappa shape index (κ2) is 2.52. The minimum absolute atomic E-state index is 0.0824. The zero-order valence-corrected chi connectivity index (χ0v) is 8.60. The molecule has 1 rings (SSSR count). The fourth-order valence-electron chi connectivity index (χ4n) is 1.03. The highest BCUT2D eigenvalue weighted by molar-refractivity contribution is 6.21. The Kier molecular flexibility index (Phi) is 2.03. The average Bonchev–Trinajstić information content (AvgIpc) is 2.16. The van der Waals surface area contributed by atoms with E-state index in [4.69, 9.17) is 16.5 Å². The SMILES string of the molecule is CC(C)(C)C1(C)COC(=O)N1Cl. The molecule has 1 amide bonds. The topological polar surface area (TPSA) is 29.5 Å². The number of amides is 1. The van der Waals surface area contributed by atoms with Gasteiger partial charge in [-0.25, -0.2) is 9.21 Å². The maximum absolute atomic E-state index is 11.0. The Bertz CT molecular complexity index is 212. The van der Waals surface area contributed by atoms with Crippen LogP contribution in [0.4, 0.5) is 4.79 Å². The lowest BCUT2D eigenvalue weighted by Crippen LogP contribution is -2.49. The van der Waals surface area contributed by atoms with Crippen LogP contribution >= 0.6 is 11.8 Å². The van der Waals surface area contributed by atoms with Gasteiger partial charge < -0.3 is 4.74 Å². The van der Waals surface area contributed by atoms with E-state index in [9.17, 15) is 4.79 Å². The van der Waals surface area contributed by atoms with Gasteiger partial charge in [0.2, 0.25) is 0 Å². The van der Waals surface area contributed by atoms with Gasteiger partial charge in [0, 0.05) is 11.8 Å². The highest BCUT2D eigenvalue weighted by Crippen LogP contribution is 2.40. The Morgan fingerprint density at radius 3 is 2.25 bits per heavy atom. The van der Waals surface area contributed by atoms with Crippen LogP contribution in [0.15, 0.2) is 0 Å². The lowest BCUT2D eigenvalue weighted by atomic mass is 9.76. The highest BCUT2D eigenvalue weighted by atomic mass is 35.5. The predicted octanol–water partition coefficient (Wildman–Crippen LogP) is 2.40. The smallest absolute Gasteiger partial charge is 0.425 e. The van der Waals surface area contributed by atoms with Crippen molar-refractivity contribution < 1.29 is 9.53 Å². The van der Waals surface area contributed by atoms with Crippen LogP contribution in [0, 0.1) is 5.41 Å². The molecular formula is C8H14ClNO2. The standard InChI is InChI=1S/C8H14ClNO2/c1-7(2,3)8(4)5-12-6(11)10(8)9/h5H2,1-4H3. The molecular weight excluding hydrogens is 178 g/mol. The first-order chi connectivity index (χ1) is 5.29. The van der Waals surface area contributed by atoms with E-state index in [0.29, 0.717) is 6.61 Å². The number of ether oxygens (including phenoxy) is 1. The third kappa shape index (κ3) is 1.16. The van der Waals surface area contributed by atoms with E-state index in [1.54, 1.807) is 0 Å². The molecule has 0 aromatic rings. The summed E-state index contributed by atoms with van der Waals surface area (Å²) in [7, 11) is 0. The van der Waals surface area contributed by atoms with Gasteiger partial charge in [0.05, 0.1) is 5.54 Å². The second-order valence-corrected chi connectivity index (χ2v) is 4.70. The molecule has 4 heteroatoms. The van der Waals surface area contributed by atoms with Crippen LogP contribution in [0.25, 0.3) is 0 Å². The Morgan fingerprint density at radius 2 is 2.08 bits per heavy atom. The summed E-state index contributed by atoms with van der Waals surface area (Å²) in [6.07, 6.45) is -0.450. The van der Waals surface area contributed by atoms with Gasteiger partial charge in [0.1, 0.15) is 6.61 Å². The number of carbonyl (C=O) groups is 1. The first-order valence-electron chi connectivity index (χ1n) is 3.92. The molecule has 0 aromatic heterocycles. The zero-order chi connectivity index (χ0) is 9.57. The third-order valence-corrected chi connectivity index (χ3v) is 3.20. The number of halogens is 1. The van der Waals surface area contributed by atoms with Crippen LogP contribution < -0.4 is 0 Å². The van der Waals surface area contributed by atoms with E-state index in [0.717, 1.165) is 4.42 Å². The van der Waals surface area contributed by atoms with Gasteiger partial charge in [0.15, 0.2) is 0 Å². The van der Waals surface area contributed by atoms with Gasteiger partial charge in [0.25, 0.3) is 0 Å². The Labute approximate surface area is 77.7 Å². The number of nitrogens with zero attached hydrogens (tertiary/aromatic N) is 1. The molecule has 1 aliphatic heterocycles. The summed E-state index contributed by atoms with van der Waals surface area (Å²) in [4.78, 5) is 11.0. The van der Waals surface area contributed by atoms with Crippen molar-refractivity contribution in [2.75, 3.05) is 6.61 Å². The van der Waals surface area contributed by atoms with Crippen LogP contribution in [0.1, 0.15) is 27.7 Å². The number of cyclic esters (lactones) is 1. The van der Waals surface area contributed by atoms with Crippen LogP contribution in [0.5, 0.6) is 0 Å². The van der Waals surface area contributed by atoms with Gasteiger partial charge in [-0.15, -0.1) is 0 Å². The van der Waals surface area contributed by atoms with Gasteiger partial charge in [-0.3, -0.25) is 0 Å². The minimum atomic E-state index is -0.450. The molecule has 1 fully saturated rings. The Balaban J connectivity index is 2.94. The quantitative estimate of drug-likeness (QED) is 0.551. The van der Waals surface area contributed by atoms with E-state index in [1.165, 1.54) is 0 Å². The van der Waals surface area contributed by atoms with Crippen molar-refractivity contribution in [2.45, 2.75) is 33.2 Å². The summed E-state index contributed by atoms with van der Waals surface area (Å²) in [5, 5.41) is 0. The molecule has 0 bridgehead atoms. The Morgan fingerprint density at radius 1 is 1.58 bits per heavy atom. The molecule has 70 valence electrons. The van der Waals surface area contributed by atoms with Crippen molar-refractivity contribution in [1.29, 1.82) is 0 Å². The third-order valence-electron chi connectivity index (χ3n) is 2.69. The van der Waals surface area contributed by atoms with Crippen LogP contribution in [0.3, 0.4) is 0 Å². The fraction of sp³-hybridized carbons (Fsp3) is 0.875. The highest BCUT2D eigenvalue weighted by Gasteiger charge is 2.51. The molecule has 1 aliphatic rings. The molecule has 12 heavy (non-hydrogen) atoms. The lowest BCUT2D eigenvalue weighted by Gasteiger charge is -2.38. The van der Waals surface area contributed by atoms with Gasteiger partial charge in [-0.05, 0) is 12.3 Å². The van der Waals surface area contributed by atoms with Crippen LogP contribution in [-0.4, -0.2) is 22.7 Å². The molecule has 1 unspecified atom stereocenters. The van der Waals surface area contributed by atoms with Crippen LogP contribution in [0.2, 0.25) is 0 Å². The summed E-state index contributed by atoms with van der Waals surface area (Å²) in [6.45, 7) is 8.38. The number of hydrogen-bond acceptors (Lipinski definition) is 2. The molecule has 0 saturated carbocycles. The van der Waals surface area contributed by atoms with Crippen molar-refractivity contribution >= 4 is 17.9 Å². The largest absolute Gasteiger partial charge is 0.446 e. The predicted molar refractivity (Wildman–Crippen MR) is 46.9 cm³/mol. The normalized spacial score (nSPS) is 30.8. The molecule has 0 radical (unpaired) electrons. The molecule has 0 aliphatic carbocycles. The van der Waals surface area contributed by atoms with Crippen molar-refractivity contribution in [1.82, 2.24) is 4.42 Å². The second-order valence-electron chi connectivity index (χ2n) is 4.36. The number of carbonyl (C=O) groups excluding carboxylic acids is 1. The lowest BCUT2D eigenvalue weighted by molar-refractivity contribution is 0.113. The maximum Gasteiger partial charge on any atom is 0.425 e. The van der Waals surface area contributed by atoms with Crippen molar-refractivity contribution in [3.8, 4) is 0 Å². The molecule has 1 saturated heterocycles. The molecule has 1 atom stereocenters. The Hall–Kier alpha value is -0.440. The van der Waals surface area contributed by atoms with Crippen molar-refractivity contribution in [2.24, 2.45) is 5.41 Å². The summed E-state index contributed by atoms with van der Waals surface area (Å²) in [5.74, 6) is 0. The van der Waals surface area contributed by atoms with Gasteiger partial charge >= 0.3 is 6.09 Å². The van der Waals surface area contributed by atoms with Crippen molar-refractivity contribution in [3.05, 3.63) is 0 Å². The molecule has 1 heterocycles. The summed E-state index contributed by atoms with van der Waals surface area (Å²) in [6, 6.07) is 0. The molecule has 0 spiro atoms. The van der Waals surface area contributed by atoms with E-state index < -0.39 is 11.6 Å². The maximum atomic E-state index is 11.0. The van der Waals surface area contributed by atoms with E-state index >= 15 is 0 Å². The zero-order valence-electron chi connectivity index (χ0n) is 7.85. The van der Waals surface area contributed by atoms with Gasteiger partial charge in [-0.2, -0.15) is 0 Å². The number of hydrogen-bond donors (Lipinski definition) is 0. The monoisotopic (exact) mass is 191 g/mol. The number of rotatable bonds is 0. The summed E-state index contributed by atoms with van der Waals surface area (Å²) < 4.78 is 6.02. The minimum Gasteiger partial charge on any atom is -0.446 e. The summed E-state index contributed by atoms with van der Waals surface area (Å²) in [5.41, 5.74) is -0.494. The summed E-state index contributed by atoms with van der Waals surface area (Å²) >= 11 is 5.81. The van der Waals surface area contributed by atoms with Gasteiger partial charge in [-0.1, -0.05) is 20.8 Å². The molecule has 0 aromatic carbocycles. The fourth-order valence-corrected chi connectivity index (χ4v) is 1.38. The van der Waals surface area contributed by atoms with E-state index in [1.807, 2.05) is 27.7 Å². The first-order valence-corrected chi connectivity index (χ1v) is 4.25. The van der Waals surface area contributed by atoms with Crippen molar-refractivity contribution in [3.63, 3.8) is 0 Å². The molecule has 0 N–H and O–H groups in total.